The van der Waals surface area contributed by atoms with Gasteiger partial charge in [-0.15, -0.1) is 0 Å². The van der Waals surface area contributed by atoms with Gasteiger partial charge in [0.15, 0.2) is 11.5 Å². The van der Waals surface area contributed by atoms with Gasteiger partial charge in [0, 0.05) is 19.7 Å². The number of rotatable bonds is 9. The van der Waals surface area contributed by atoms with Crippen LogP contribution in [0.1, 0.15) is 18.1 Å². The first-order valence-corrected chi connectivity index (χ1v) is 9.19. The molecule has 0 saturated carbocycles. The molecule has 5 nitrogen and oxygen atoms in total. The third-order valence-electron chi connectivity index (χ3n) is 3.90. The molecule has 0 spiro atoms. The number of halogens is 3. The molecule has 0 aliphatic heterocycles. The van der Waals surface area contributed by atoms with Crippen molar-refractivity contribution in [2.75, 3.05) is 20.8 Å². The molecule has 2 aromatic carbocycles. The third kappa shape index (κ3) is 6.64. The number of alkyl halides is 2. The molecule has 0 fully saturated rings. The molecule has 0 N–H and O–H groups in total. The lowest BCUT2D eigenvalue weighted by Gasteiger charge is -2.16. The Kier molecular flexibility index (Phi) is 8.27. The van der Waals surface area contributed by atoms with Crippen LogP contribution in [-0.2, 0) is 11.3 Å². The van der Waals surface area contributed by atoms with E-state index in [1.54, 1.807) is 37.4 Å². The Morgan fingerprint density at radius 2 is 1.93 bits per heavy atom. The summed E-state index contributed by atoms with van der Waals surface area (Å²) in [5, 5.41) is 0.380. The largest absolute Gasteiger partial charge is 0.491 e. The van der Waals surface area contributed by atoms with Gasteiger partial charge in [-0.2, -0.15) is 8.78 Å². The minimum Gasteiger partial charge on any atom is -0.491 e. The zero-order valence-corrected chi connectivity index (χ0v) is 17.1. The molecule has 0 aliphatic rings. The number of amides is 1. The van der Waals surface area contributed by atoms with E-state index in [0.29, 0.717) is 35.2 Å². The van der Waals surface area contributed by atoms with Crippen LogP contribution in [0.2, 0.25) is 5.02 Å². The van der Waals surface area contributed by atoms with Crippen LogP contribution in [0.15, 0.2) is 42.5 Å². The van der Waals surface area contributed by atoms with Crippen molar-refractivity contribution in [2.24, 2.45) is 0 Å². The second kappa shape index (κ2) is 10.7. The van der Waals surface area contributed by atoms with Gasteiger partial charge in [0.25, 0.3) is 0 Å². The Bertz CT molecular complexity index is 857. The SMILES string of the molecule is CCOc1cc(/C=C/C(=O)N(C)Cc2ccc(OC(F)F)cc2)cc(Cl)c1OC. The number of hydrogen-bond donors (Lipinski definition) is 0. The molecule has 1 amide bonds. The summed E-state index contributed by atoms with van der Waals surface area (Å²) < 4.78 is 39.4. The van der Waals surface area contributed by atoms with Gasteiger partial charge in [0.1, 0.15) is 5.75 Å². The normalized spacial score (nSPS) is 11.0. The van der Waals surface area contributed by atoms with Gasteiger partial charge >= 0.3 is 6.61 Å². The van der Waals surface area contributed by atoms with Crippen LogP contribution in [0.4, 0.5) is 8.78 Å². The van der Waals surface area contributed by atoms with E-state index in [9.17, 15) is 13.6 Å². The fourth-order valence-corrected chi connectivity index (χ4v) is 2.86. The van der Waals surface area contributed by atoms with Crippen molar-refractivity contribution in [3.05, 3.63) is 58.6 Å². The van der Waals surface area contributed by atoms with Gasteiger partial charge in [-0.1, -0.05) is 23.7 Å². The number of likely N-dealkylation sites (N-methyl/N-ethyl adjacent to an activating group) is 1. The fourth-order valence-electron chi connectivity index (χ4n) is 2.57. The first kappa shape index (κ1) is 22.5. The molecule has 0 atom stereocenters. The minimum absolute atomic E-state index is 0.0686. The van der Waals surface area contributed by atoms with Crippen LogP contribution in [-0.4, -0.2) is 38.2 Å². The smallest absolute Gasteiger partial charge is 0.387 e. The van der Waals surface area contributed by atoms with Gasteiger partial charge in [0.2, 0.25) is 5.91 Å². The lowest BCUT2D eigenvalue weighted by atomic mass is 10.1. The molecule has 0 radical (unpaired) electrons. The van der Waals surface area contributed by atoms with Gasteiger partial charge in [-0.3, -0.25) is 4.79 Å². The Balaban J connectivity index is 2.04. The fraction of sp³-hybridized carbons (Fsp3) is 0.286. The third-order valence-corrected chi connectivity index (χ3v) is 4.18. The molecule has 0 unspecified atom stereocenters. The van der Waals surface area contributed by atoms with Crippen molar-refractivity contribution in [1.29, 1.82) is 0 Å². The van der Waals surface area contributed by atoms with Crippen LogP contribution in [0.5, 0.6) is 17.2 Å². The van der Waals surface area contributed by atoms with Crippen molar-refractivity contribution in [3.63, 3.8) is 0 Å². The number of methoxy groups -OCH3 is 1. The van der Waals surface area contributed by atoms with E-state index in [1.807, 2.05) is 6.92 Å². The Labute approximate surface area is 173 Å². The Morgan fingerprint density at radius 1 is 1.24 bits per heavy atom. The van der Waals surface area contributed by atoms with E-state index in [2.05, 4.69) is 4.74 Å². The first-order valence-electron chi connectivity index (χ1n) is 8.81. The Morgan fingerprint density at radius 3 is 2.52 bits per heavy atom. The lowest BCUT2D eigenvalue weighted by molar-refractivity contribution is -0.125. The summed E-state index contributed by atoms with van der Waals surface area (Å²) in [4.78, 5) is 13.9. The molecule has 0 bridgehead atoms. The van der Waals surface area contributed by atoms with Crippen LogP contribution < -0.4 is 14.2 Å². The molecule has 156 valence electrons. The van der Waals surface area contributed by atoms with Crippen LogP contribution in [0, 0.1) is 0 Å². The molecule has 0 aliphatic carbocycles. The predicted octanol–water partition coefficient (Wildman–Crippen LogP) is 5.02. The van der Waals surface area contributed by atoms with Gasteiger partial charge in [-0.05, 0) is 48.4 Å². The summed E-state index contributed by atoms with van der Waals surface area (Å²) in [5.74, 6) is 0.768. The molecule has 0 saturated heterocycles. The molecule has 8 heteroatoms. The van der Waals surface area contributed by atoms with Crippen LogP contribution in [0.25, 0.3) is 6.08 Å². The number of carbonyl (C=O) groups is 1. The van der Waals surface area contributed by atoms with Crippen molar-refractivity contribution in [1.82, 2.24) is 4.90 Å². The number of nitrogens with zero attached hydrogens (tertiary/aromatic N) is 1. The van der Waals surface area contributed by atoms with Crippen molar-refractivity contribution < 1.29 is 27.8 Å². The summed E-state index contributed by atoms with van der Waals surface area (Å²) in [7, 11) is 3.15. The van der Waals surface area contributed by atoms with E-state index in [1.165, 1.54) is 30.2 Å². The van der Waals surface area contributed by atoms with E-state index in [4.69, 9.17) is 21.1 Å². The molecule has 2 rings (SSSR count). The zero-order chi connectivity index (χ0) is 21.4. The van der Waals surface area contributed by atoms with E-state index in [0.717, 1.165) is 5.56 Å². The average Bonchev–Trinajstić information content (AvgIpc) is 2.67. The summed E-state index contributed by atoms with van der Waals surface area (Å²) >= 11 is 6.21. The maximum Gasteiger partial charge on any atom is 0.387 e. The molecule has 0 heterocycles. The monoisotopic (exact) mass is 425 g/mol. The second-order valence-electron chi connectivity index (χ2n) is 6.02. The molecule has 29 heavy (non-hydrogen) atoms. The van der Waals surface area contributed by atoms with Crippen LogP contribution >= 0.6 is 11.6 Å². The van der Waals surface area contributed by atoms with Crippen LogP contribution in [0.3, 0.4) is 0 Å². The summed E-state index contributed by atoms with van der Waals surface area (Å²) in [6, 6.07) is 9.54. The quantitative estimate of drug-likeness (QED) is 0.529. The maximum absolute atomic E-state index is 12.4. The minimum atomic E-state index is -2.87. The van der Waals surface area contributed by atoms with Crippen molar-refractivity contribution in [3.8, 4) is 17.2 Å². The lowest BCUT2D eigenvalue weighted by Crippen LogP contribution is -2.24. The molecule has 2 aromatic rings. The highest BCUT2D eigenvalue weighted by Gasteiger charge is 2.11. The highest BCUT2D eigenvalue weighted by Crippen LogP contribution is 2.36. The summed E-state index contributed by atoms with van der Waals surface area (Å²) in [6.45, 7) is -0.264. The van der Waals surface area contributed by atoms with E-state index < -0.39 is 6.61 Å². The van der Waals surface area contributed by atoms with Crippen molar-refractivity contribution >= 4 is 23.6 Å². The van der Waals surface area contributed by atoms with Gasteiger partial charge in [-0.25, -0.2) is 0 Å². The standard InChI is InChI=1S/C21H22ClF2NO4/c1-4-28-18-12-15(11-17(22)20(18)27-3)7-10-19(26)25(2)13-14-5-8-16(9-6-14)29-21(23)24/h5-12,21H,4,13H2,1-3H3/b10-7+. The molecular weight excluding hydrogens is 404 g/mol. The van der Waals surface area contributed by atoms with E-state index in [-0.39, 0.29) is 11.7 Å². The highest BCUT2D eigenvalue weighted by atomic mass is 35.5. The number of hydrogen-bond acceptors (Lipinski definition) is 4. The number of ether oxygens (including phenoxy) is 3. The number of carbonyl (C=O) groups excluding carboxylic acids is 1. The zero-order valence-electron chi connectivity index (χ0n) is 16.3. The van der Waals surface area contributed by atoms with Gasteiger partial charge in [0.05, 0.1) is 18.7 Å². The average molecular weight is 426 g/mol. The second-order valence-corrected chi connectivity index (χ2v) is 6.42. The topological polar surface area (TPSA) is 48.0 Å². The summed E-state index contributed by atoms with van der Waals surface area (Å²) in [5.41, 5.74) is 1.47. The number of benzene rings is 2. The van der Waals surface area contributed by atoms with E-state index >= 15 is 0 Å². The van der Waals surface area contributed by atoms with Gasteiger partial charge < -0.3 is 19.1 Å². The Hall–Kier alpha value is -2.80. The first-order chi connectivity index (χ1) is 13.8. The summed E-state index contributed by atoms with van der Waals surface area (Å²) in [6.07, 6.45) is 3.05. The predicted molar refractivity (Wildman–Crippen MR) is 108 cm³/mol. The van der Waals surface area contributed by atoms with Crippen molar-refractivity contribution in [2.45, 2.75) is 20.1 Å². The highest BCUT2D eigenvalue weighted by molar-refractivity contribution is 6.32. The molecular formula is C21H22ClF2NO4. The maximum atomic E-state index is 12.4. The molecule has 0 aromatic heterocycles.